The maximum atomic E-state index is 13.6. The van der Waals surface area contributed by atoms with Gasteiger partial charge in [0.1, 0.15) is 11.4 Å². The van der Waals surface area contributed by atoms with Crippen LogP contribution in [0.2, 0.25) is 0 Å². The van der Waals surface area contributed by atoms with Gasteiger partial charge in [-0.3, -0.25) is 4.90 Å². The van der Waals surface area contributed by atoms with E-state index in [0.717, 1.165) is 18.7 Å². The molecule has 1 heterocycles. The van der Waals surface area contributed by atoms with Gasteiger partial charge in [0.25, 0.3) is 0 Å². The number of carbonyl (C=O) groups is 1. The summed E-state index contributed by atoms with van der Waals surface area (Å²) in [5, 5.41) is 0. The van der Waals surface area contributed by atoms with Gasteiger partial charge in [0.15, 0.2) is 0 Å². The number of hydrogen-bond acceptors (Lipinski definition) is 3. The molecule has 1 aliphatic rings. The van der Waals surface area contributed by atoms with Gasteiger partial charge in [-0.2, -0.15) is 0 Å². The lowest BCUT2D eigenvalue weighted by Crippen LogP contribution is -2.54. The Kier molecular flexibility index (Phi) is 5.68. The average molecular weight is 387 g/mol. The van der Waals surface area contributed by atoms with E-state index in [-0.39, 0.29) is 18.0 Å². The summed E-state index contributed by atoms with van der Waals surface area (Å²) >= 11 is 3.17. The third-order valence-electron chi connectivity index (χ3n) is 3.73. The van der Waals surface area contributed by atoms with Crippen LogP contribution in [0.1, 0.15) is 33.3 Å². The molecular weight excluding hydrogens is 363 g/mol. The minimum atomic E-state index is -0.483. The first-order valence-electron chi connectivity index (χ1n) is 7.81. The van der Waals surface area contributed by atoms with Crippen LogP contribution in [0.15, 0.2) is 22.7 Å². The van der Waals surface area contributed by atoms with E-state index in [1.54, 1.807) is 17.0 Å². The van der Waals surface area contributed by atoms with Crippen molar-refractivity contribution in [2.75, 3.05) is 19.6 Å². The van der Waals surface area contributed by atoms with Crippen molar-refractivity contribution in [2.24, 2.45) is 0 Å². The molecule has 2 rings (SSSR count). The van der Waals surface area contributed by atoms with E-state index < -0.39 is 5.60 Å². The fourth-order valence-electron chi connectivity index (χ4n) is 2.66. The van der Waals surface area contributed by atoms with Gasteiger partial charge < -0.3 is 9.64 Å². The zero-order valence-corrected chi connectivity index (χ0v) is 15.7. The molecule has 6 heteroatoms. The van der Waals surface area contributed by atoms with E-state index in [9.17, 15) is 9.18 Å². The Bertz CT molecular complexity index is 574. The molecule has 1 unspecified atom stereocenters. The first kappa shape index (κ1) is 18.2. The van der Waals surface area contributed by atoms with E-state index in [1.165, 1.54) is 0 Å². The number of nitrogens with zero attached hydrogens (tertiary/aromatic N) is 2. The number of hydrogen-bond donors (Lipinski definition) is 0. The summed E-state index contributed by atoms with van der Waals surface area (Å²) < 4.78 is 19.5. The SMILES string of the molecule is CC1CN(Cc2ccc(Br)c(F)c2)CCN1C(=O)OC(C)(C)C. The molecule has 1 amide bonds. The number of piperazine rings is 1. The molecule has 128 valence electrons. The molecule has 1 atom stereocenters. The van der Waals surface area contributed by atoms with Crippen LogP contribution in [0, 0.1) is 5.82 Å². The molecule has 0 bridgehead atoms. The standard InChI is InChI=1S/C17H24BrFN2O2/c1-12-10-20(11-13-5-6-14(18)15(19)9-13)7-8-21(12)16(22)23-17(2,3)4/h5-6,9,12H,7-8,10-11H2,1-4H3. The summed E-state index contributed by atoms with van der Waals surface area (Å²) in [5.74, 6) is -0.247. The van der Waals surface area contributed by atoms with Crippen molar-refractivity contribution in [1.29, 1.82) is 0 Å². The minimum absolute atomic E-state index is 0.0684. The van der Waals surface area contributed by atoms with Gasteiger partial charge in [0, 0.05) is 32.2 Å². The number of amides is 1. The third kappa shape index (κ3) is 5.18. The van der Waals surface area contributed by atoms with Gasteiger partial charge >= 0.3 is 6.09 Å². The number of rotatable bonds is 2. The number of carbonyl (C=O) groups excluding carboxylic acids is 1. The van der Waals surface area contributed by atoms with Crippen LogP contribution in [0.4, 0.5) is 9.18 Å². The zero-order valence-electron chi connectivity index (χ0n) is 14.1. The molecule has 1 saturated heterocycles. The minimum Gasteiger partial charge on any atom is -0.444 e. The predicted molar refractivity (Wildman–Crippen MR) is 91.8 cm³/mol. The topological polar surface area (TPSA) is 32.8 Å². The summed E-state index contributed by atoms with van der Waals surface area (Å²) in [6.07, 6.45) is -0.265. The highest BCUT2D eigenvalue weighted by atomic mass is 79.9. The van der Waals surface area contributed by atoms with Crippen molar-refractivity contribution >= 4 is 22.0 Å². The highest BCUT2D eigenvalue weighted by Gasteiger charge is 2.30. The zero-order chi connectivity index (χ0) is 17.2. The van der Waals surface area contributed by atoms with Gasteiger partial charge in [0.05, 0.1) is 4.47 Å². The summed E-state index contributed by atoms with van der Waals surface area (Å²) in [6, 6.07) is 5.26. The molecule has 0 saturated carbocycles. The normalized spacial score (nSPS) is 19.7. The fraction of sp³-hybridized carbons (Fsp3) is 0.588. The second-order valence-corrected chi connectivity index (χ2v) is 7.86. The lowest BCUT2D eigenvalue weighted by Gasteiger charge is -2.40. The van der Waals surface area contributed by atoms with Crippen molar-refractivity contribution < 1.29 is 13.9 Å². The summed E-state index contributed by atoms with van der Waals surface area (Å²) in [6.45, 7) is 10.4. The van der Waals surface area contributed by atoms with Crippen molar-refractivity contribution in [2.45, 2.75) is 45.9 Å². The maximum Gasteiger partial charge on any atom is 0.410 e. The van der Waals surface area contributed by atoms with Crippen molar-refractivity contribution in [3.05, 3.63) is 34.1 Å². The molecule has 1 aromatic carbocycles. The van der Waals surface area contributed by atoms with Crippen LogP contribution in [0.3, 0.4) is 0 Å². The van der Waals surface area contributed by atoms with E-state index >= 15 is 0 Å². The molecule has 1 aliphatic heterocycles. The Labute approximate surface area is 145 Å². The van der Waals surface area contributed by atoms with Crippen LogP contribution < -0.4 is 0 Å². The summed E-state index contributed by atoms with van der Waals surface area (Å²) in [5.41, 5.74) is 0.451. The molecule has 23 heavy (non-hydrogen) atoms. The first-order valence-corrected chi connectivity index (χ1v) is 8.61. The van der Waals surface area contributed by atoms with Crippen molar-refractivity contribution in [1.82, 2.24) is 9.80 Å². The summed E-state index contributed by atoms with van der Waals surface area (Å²) in [7, 11) is 0. The lowest BCUT2D eigenvalue weighted by molar-refractivity contribution is 0.000559. The smallest absolute Gasteiger partial charge is 0.410 e. The monoisotopic (exact) mass is 386 g/mol. The van der Waals surface area contributed by atoms with Gasteiger partial charge in [-0.1, -0.05) is 6.07 Å². The van der Waals surface area contributed by atoms with Gasteiger partial charge in [-0.15, -0.1) is 0 Å². The second kappa shape index (κ2) is 7.18. The molecule has 0 N–H and O–H groups in total. The summed E-state index contributed by atoms with van der Waals surface area (Å²) in [4.78, 5) is 16.2. The largest absolute Gasteiger partial charge is 0.444 e. The molecule has 0 radical (unpaired) electrons. The average Bonchev–Trinajstić information content (AvgIpc) is 2.41. The van der Waals surface area contributed by atoms with E-state index in [0.29, 0.717) is 17.6 Å². The molecular formula is C17H24BrFN2O2. The molecule has 0 aromatic heterocycles. The highest BCUT2D eigenvalue weighted by molar-refractivity contribution is 9.10. The molecule has 4 nitrogen and oxygen atoms in total. The third-order valence-corrected chi connectivity index (χ3v) is 4.37. The Balaban J connectivity index is 1.93. The molecule has 1 fully saturated rings. The number of ether oxygens (including phenoxy) is 1. The Morgan fingerprint density at radius 2 is 2.09 bits per heavy atom. The maximum absolute atomic E-state index is 13.6. The van der Waals surface area contributed by atoms with Crippen LogP contribution in [0.25, 0.3) is 0 Å². The van der Waals surface area contributed by atoms with Gasteiger partial charge in [-0.25, -0.2) is 9.18 Å². The predicted octanol–water partition coefficient (Wildman–Crippen LogP) is 4.03. The van der Waals surface area contributed by atoms with Crippen molar-refractivity contribution in [3.8, 4) is 0 Å². The number of benzene rings is 1. The van der Waals surface area contributed by atoms with Crippen molar-refractivity contribution in [3.63, 3.8) is 0 Å². The molecule has 1 aromatic rings. The van der Waals surface area contributed by atoms with Crippen LogP contribution in [0.5, 0.6) is 0 Å². The number of halogens is 2. The lowest BCUT2D eigenvalue weighted by atomic mass is 10.1. The van der Waals surface area contributed by atoms with Crippen LogP contribution >= 0.6 is 15.9 Å². The second-order valence-electron chi connectivity index (χ2n) is 7.01. The first-order chi connectivity index (χ1) is 10.7. The molecule has 0 spiro atoms. The Hall–Kier alpha value is -1.14. The Morgan fingerprint density at radius 1 is 1.39 bits per heavy atom. The van der Waals surface area contributed by atoms with E-state index in [2.05, 4.69) is 20.8 Å². The van der Waals surface area contributed by atoms with Gasteiger partial charge in [0.2, 0.25) is 0 Å². The quantitative estimate of drug-likeness (QED) is 0.768. The van der Waals surface area contributed by atoms with E-state index in [4.69, 9.17) is 4.74 Å². The van der Waals surface area contributed by atoms with Crippen LogP contribution in [-0.2, 0) is 11.3 Å². The highest BCUT2D eigenvalue weighted by Crippen LogP contribution is 2.20. The Morgan fingerprint density at radius 3 is 2.65 bits per heavy atom. The van der Waals surface area contributed by atoms with E-state index in [1.807, 2.05) is 33.8 Å². The fourth-order valence-corrected chi connectivity index (χ4v) is 2.91. The molecule has 0 aliphatic carbocycles. The van der Waals surface area contributed by atoms with Crippen LogP contribution in [-0.4, -0.2) is 47.2 Å². The van der Waals surface area contributed by atoms with Gasteiger partial charge in [-0.05, 0) is 61.3 Å².